The molecule has 13 heavy (non-hydrogen) atoms. The van der Waals surface area contributed by atoms with Crippen LogP contribution in [0.2, 0.25) is 0 Å². The third-order valence-corrected chi connectivity index (χ3v) is 4.79. The molecular weight excluding hydrogens is 158 g/mol. The number of hydrogen-bond acceptors (Lipinski definition) is 1. The van der Waals surface area contributed by atoms with Crippen LogP contribution in [-0.2, 0) is 0 Å². The third kappa shape index (κ3) is 1.24. The maximum atomic E-state index is 3.58. The summed E-state index contributed by atoms with van der Waals surface area (Å²) in [7, 11) is 0. The first-order valence-corrected chi connectivity index (χ1v) is 6.12. The second-order valence-corrected chi connectivity index (χ2v) is 5.45. The van der Waals surface area contributed by atoms with Gasteiger partial charge in [-0.3, -0.25) is 0 Å². The summed E-state index contributed by atoms with van der Waals surface area (Å²) in [6, 6.07) is 0. The van der Waals surface area contributed by atoms with Gasteiger partial charge in [0.15, 0.2) is 0 Å². The van der Waals surface area contributed by atoms with E-state index in [1.807, 2.05) is 0 Å². The van der Waals surface area contributed by atoms with Crippen molar-refractivity contribution in [1.82, 2.24) is 5.32 Å². The van der Waals surface area contributed by atoms with Gasteiger partial charge in [-0.1, -0.05) is 25.7 Å². The van der Waals surface area contributed by atoms with Crippen LogP contribution in [-0.4, -0.2) is 13.1 Å². The largest absolute Gasteiger partial charge is 0.316 e. The van der Waals surface area contributed by atoms with Crippen LogP contribution in [0.4, 0.5) is 0 Å². The molecule has 0 aromatic rings. The van der Waals surface area contributed by atoms with Crippen molar-refractivity contribution in [2.24, 2.45) is 17.3 Å². The molecule has 0 spiro atoms. The molecule has 0 aromatic heterocycles. The van der Waals surface area contributed by atoms with E-state index >= 15 is 0 Å². The van der Waals surface area contributed by atoms with Gasteiger partial charge in [0.05, 0.1) is 0 Å². The molecule has 1 aliphatic heterocycles. The highest BCUT2D eigenvalue weighted by molar-refractivity contribution is 5.12. The molecule has 1 heteroatoms. The topological polar surface area (TPSA) is 12.0 Å². The van der Waals surface area contributed by atoms with E-state index in [9.17, 15) is 0 Å². The Kier molecular flexibility index (Phi) is 1.90. The predicted octanol–water partition coefficient (Wildman–Crippen LogP) is 2.57. The Hall–Kier alpha value is -0.0400. The molecule has 0 amide bonds. The Morgan fingerprint density at radius 2 is 1.69 bits per heavy atom. The number of rotatable bonds is 1. The SMILES string of the molecule is C1CCCC(C23CNCC2C3)CC1. The number of fused-ring (bicyclic) bond motifs is 1. The van der Waals surface area contributed by atoms with Crippen LogP contribution in [0.5, 0.6) is 0 Å². The van der Waals surface area contributed by atoms with Crippen molar-refractivity contribution in [3.63, 3.8) is 0 Å². The van der Waals surface area contributed by atoms with Gasteiger partial charge < -0.3 is 5.32 Å². The lowest BCUT2D eigenvalue weighted by Gasteiger charge is -2.23. The second-order valence-electron chi connectivity index (χ2n) is 5.45. The molecule has 0 aromatic carbocycles. The molecule has 1 nitrogen and oxygen atoms in total. The van der Waals surface area contributed by atoms with Crippen molar-refractivity contribution in [1.29, 1.82) is 0 Å². The van der Waals surface area contributed by atoms with Crippen LogP contribution in [0.25, 0.3) is 0 Å². The Labute approximate surface area is 81.3 Å². The smallest absolute Gasteiger partial charge is 0.00138 e. The molecule has 0 radical (unpaired) electrons. The van der Waals surface area contributed by atoms with Gasteiger partial charge >= 0.3 is 0 Å². The zero-order valence-electron chi connectivity index (χ0n) is 8.52. The summed E-state index contributed by atoms with van der Waals surface area (Å²) in [6.07, 6.45) is 10.7. The fraction of sp³-hybridized carbons (Fsp3) is 1.00. The van der Waals surface area contributed by atoms with E-state index in [1.165, 1.54) is 51.6 Å². The summed E-state index contributed by atoms with van der Waals surface area (Å²) >= 11 is 0. The number of nitrogens with one attached hydrogen (secondary N) is 1. The minimum absolute atomic E-state index is 0.810. The highest BCUT2D eigenvalue weighted by Gasteiger charge is 2.60. The summed E-state index contributed by atoms with van der Waals surface area (Å²) in [4.78, 5) is 0. The molecular formula is C12H21N. The molecule has 2 aliphatic carbocycles. The average Bonchev–Trinajstić information content (AvgIpc) is 2.82. The minimum atomic E-state index is 0.810. The van der Waals surface area contributed by atoms with Crippen LogP contribution in [0.3, 0.4) is 0 Å². The van der Waals surface area contributed by atoms with E-state index in [0.29, 0.717) is 0 Å². The zero-order chi connectivity index (χ0) is 8.73. The van der Waals surface area contributed by atoms with Gasteiger partial charge in [-0.15, -0.1) is 0 Å². The van der Waals surface area contributed by atoms with E-state index in [0.717, 1.165) is 17.3 Å². The van der Waals surface area contributed by atoms with Crippen LogP contribution in [0, 0.1) is 17.3 Å². The van der Waals surface area contributed by atoms with Crippen molar-refractivity contribution in [3.8, 4) is 0 Å². The van der Waals surface area contributed by atoms with Gasteiger partial charge in [0.25, 0.3) is 0 Å². The quantitative estimate of drug-likeness (QED) is 0.610. The fourth-order valence-corrected chi connectivity index (χ4v) is 3.87. The van der Waals surface area contributed by atoms with Crippen molar-refractivity contribution in [2.45, 2.75) is 44.9 Å². The molecule has 2 atom stereocenters. The Morgan fingerprint density at radius 3 is 2.23 bits per heavy atom. The van der Waals surface area contributed by atoms with E-state index in [2.05, 4.69) is 5.32 Å². The molecule has 1 N–H and O–H groups in total. The predicted molar refractivity (Wildman–Crippen MR) is 54.6 cm³/mol. The Morgan fingerprint density at radius 1 is 0.923 bits per heavy atom. The first-order valence-electron chi connectivity index (χ1n) is 6.12. The summed E-state index contributed by atoms with van der Waals surface area (Å²) in [5.41, 5.74) is 0.810. The molecule has 2 saturated carbocycles. The summed E-state index contributed by atoms with van der Waals surface area (Å²) in [6.45, 7) is 2.68. The molecule has 3 fully saturated rings. The highest BCUT2D eigenvalue weighted by atomic mass is 15.0. The van der Waals surface area contributed by atoms with Gasteiger partial charge in [0, 0.05) is 6.54 Å². The summed E-state index contributed by atoms with van der Waals surface area (Å²) < 4.78 is 0. The van der Waals surface area contributed by atoms with Crippen molar-refractivity contribution in [2.75, 3.05) is 13.1 Å². The van der Waals surface area contributed by atoms with E-state index < -0.39 is 0 Å². The standard InChI is InChI=1S/C12H21N/c1-2-4-6-10(5-3-1)12-7-11(12)8-13-9-12/h10-11,13H,1-9H2. The van der Waals surface area contributed by atoms with Crippen LogP contribution >= 0.6 is 0 Å². The second kappa shape index (κ2) is 2.98. The maximum absolute atomic E-state index is 3.58. The van der Waals surface area contributed by atoms with Gasteiger partial charge in [-0.05, 0) is 43.1 Å². The first-order chi connectivity index (χ1) is 6.42. The fourth-order valence-electron chi connectivity index (χ4n) is 3.87. The average molecular weight is 179 g/mol. The molecule has 3 aliphatic rings. The van der Waals surface area contributed by atoms with Crippen LogP contribution in [0.15, 0.2) is 0 Å². The van der Waals surface area contributed by atoms with Crippen LogP contribution in [0.1, 0.15) is 44.9 Å². The lowest BCUT2D eigenvalue weighted by Crippen LogP contribution is -2.23. The first kappa shape index (κ1) is 8.28. The number of hydrogen-bond donors (Lipinski definition) is 1. The lowest BCUT2D eigenvalue weighted by atomic mass is 9.82. The highest BCUT2D eigenvalue weighted by Crippen LogP contribution is 2.62. The van der Waals surface area contributed by atoms with E-state index in [-0.39, 0.29) is 0 Å². The molecule has 0 bridgehead atoms. The van der Waals surface area contributed by atoms with Crippen molar-refractivity contribution in [3.05, 3.63) is 0 Å². The molecule has 1 heterocycles. The van der Waals surface area contributed by atoms with Gasteiger partial charge in [-0.2, -0.15) is 0 Å². The third-order valence-electron chi connectivity index (χ3n) is 4.79. The molecule has 2 unspecified atom stereocenters. The normalized spacial score (nSPS) is 45.7. The minimum Gasteiger partial charge on any atom is -0.316 e. The van der Waals surface area contributed by atoms with Gasteiger partial charge in [0.2, 0.25) is 0 Å². The molecule has 74 valence electrons. The van der Waals surface area contributed by atoms with E-state index in [1.54, 1.807) is 6.42 Å². The maximum Gasteiger partial charge on any atom is 0.00138 e. The lowest BCUT2D eigenvalue weighted by molar-refractivity contribution is 0.277. The van der Waals surface area contributed by atoms with Crippen LogP contribution < -0.4 is 5.32 Å². The van der Waals surface area contributed by atoms with Gasteiger partial charge in [0.1, 0.15) is 0 Å². The van der Waals surface area contributed by atoms with Crippen molar-refractivity contribution >= 4 is 0 Å². The number of piperidine rings is 1. The Balaban J connectivity index is 1.69. The molecule has 1 saturated heterocycles. The van der Waals surface area contributed by atoms with E-state index in [4.69, 9.17) is 0 Å². The van der Waals surface area contributed by atoms with Crippen molar-refractivity contribution < 1.29 is 0 Å². The Bertz CT molecular complexity index is 193. The molecule has 3 rings (SSSR count). The summed E-state index contributed by atoms with van der Waals surface area (Å²) in [5.74, 6) is 2.17. The van der Waals surface area contributed by atoms with Gasteiger partial charge in [-0.25, -0.2) is 0 Å². The zero-order valence-corrected chi connectivity index (χ0v) is 8.52. The summed E-state index contributed by atoms with van der Waals surface area (Å²) in [5, 5.41) is 3.58. The monoisotopic (exact) mass is 179 g/mol.